The number of carbonyl (C=O) groups excluding carboxylic acids is 1. The molecule has 2 aromatic heterocycles. The normalized spacial score (nSPS) is 16.0. The molecule has 1 aliphatic rings. The van der Waals surface area contributed by atoms with Crippen molar-refractivity contribution < 1.29 is 14.3 Å². The fraction of sp³-hybridized carbons (Fsp3) is 0.300. The molecule has 4 rings (SSSR count). The van der Waals surface area contributed by atoms with Crippen LogP contribution in [0.4, 0.5) is 0 Å². The molecule has 0 saturated heterocycles. The van der Waals surface area contributed by atoms with Crippen LogP contribution in [0, 0.1) is 5.92 Å². The van der Waals surface area contributed by atoms with Gasteiger partial charge in [0.25, 0.3) is 0 Å². The monoisotopic (exact) mass is 368 g/mol. The van der Waals surface area contributed by atoms with Gasteiger partial charge in [-0.05, 0) is 31.0 Å². The van der Waals surface area contributed by atoms with Gasteiger partial charge in [-0.3, -0.25) is 4.79 Å². The molecule has 0 N–H and O–H groups in total. The Kier molecular flexibility index (Phi) is 4.51. The number of thiophene rings is 1. The van der Waals surface area contributed by atoms with Crippen LogP contribution in [-0.4, -0.2) is 29.1 Å². The number of carbonyl (C=O) groups is 1. The summed E-state index contributed by atoms with van der Waals surface area (Å²) in [6.45, 7) is 3.08. The summed E-state index contributed by atoms with van der Waals surface area (Å²) in [6.07, 6.45) is 4.76. The molecule has 3 aromatic rings. The third-order valence-corrected chi connectivity index (χ3v) is 5.66. The standard InChI is InChI=1S/C20H20N2O3S/c1-13(23)19-8-16(12-26-19)20-21-5-6-22(20)10-14-7-15-3-4-17(24-2)9-18(15)25-11-14/h3-6,8-9,12,14H,7,10-11H2,1-2H3. The summed E-state index contributed by atoms with van der Waals surface area (Å²) in [5.74, 6) is 3.09. The third-order valence-electron chi connectivity index (χ3n) is 4.63. The molecule has 0 radical (unpaired) electrons. The summed E-state index contributed by atoms with van der Waals surface area (Å²) in [7, 11) is 1.66. The molecular weight excluding hydrogens is 348 g/mol. The van der Waals surface area contributed by atoms with E-state index in [1.807, 2.05) is 36.0 Å². The van der Waals surface area contributed by atoms with Gasteiger partial charge < -0.3 is 14.0 Å². The van der Waals surface area contributed by atoms with Crippen molar-refractivity contribution in [2.45, 2.75) is 19.9 Å². The average Bonchev–Trinajstić information content (AvgIpc) is 3.30. The number of ether oxygens (including phenoxy) is 2. The molecule has 0 fully saturated rings. The number of hydrogen-bond acceptors (Lipinski definition) is 5. The smallest absolute Gasteiger partial charge is 0.169 e. The highest BCUT2D eigenvalue weighted by Crippen LogP contribution is 2.32. The molecule has 0 bridgehead atoms. The Morgan fingerprint density at radius 3 is 3.08 bits per heavy atom. The van der Waals surface area contributed by atoms with Crippen LogP contribution in [0.2, 0.25) is 0 Å². The second kappa shape index (κ2) is 6.96. The summed E-state index contributed by atoms with van der Waals surface area (Å²) in [5.41, 5.74) is 2.20. The van der Waals surface area contributed by atoms with Gasteiger partial charge in [-0.15, -0.1) is 11.3 Å². The molecule has 0 saturated carbocycles. The lowest BCUT2D eigenvalue weighted by atomic mass is 9.96. The van der Waals surface area contributed by atoms with Gasteiger partial charge in [-0.25, -0.2) is 4.98 Å². The lowest BCUT2D eigenvalue weighted by molar-refractivity contribution is 0.102. The molecule has 1 atom stereocenters. The molecule has 0 aliphatic carbocycles. The zero-order valence-corrected chi connectivity index (χ0v) is 15.6. The van der Waals surface area contributed by atoms with Crippen molar-refractivity contribution in [2.24, 2.45) is 5.92 Å². The van der Waals surface area contributed by atoms with Crippen molar-refractivity contribution >= 4 is 17.1 Å². The highest BCUT2D eigenvalue weighted by atomic mass is 32.1. The van der Waals surface area contributed by atoms with Crippen LogP contribution in [-0.2, 0) is 13.0 Å². The van der Waals surface area contributed by atoms with Crippen LogP contribution >= 0.6 is 11.3 Å². The van der Waals surface area contributed by atoms with E-state index in [-0.39, 0.29) is 5.78 Å². The summed E-state index contributed by atoms with van der Waals surface area (Å²) < 4.78 is 13.4. The number of rotatable bonds is 5. The lowest BCUT2D eigenvalue weighted by Crippen LogP contribution is -2.25. The topological polar surface area (TPSA) is 53.4 Å². The van der Waals surface area contributed by atoms with Gasteiger partial charge in [-0.1, -0.05) is 6.07 Å². The van der Waals surface area contributed by atoms with Gasteiger partial charge in [0.05, 0.1) is 18.6 Å². The van der Waals surface area contributed by atoms with Gasteiger partial charge in [0.1, 0.15) is 17.3 Å². The van der Waals surface area contributed by atoms with Gasteiger partial charge in [0, 0.05) is 41.9 Å². The Labute approximate surface area is 156 Å². The number of Topliss-reactive ketones (excluding diaryl/α,β-unsaturated/α-hetero) is 1. The molecule has 134 valence electrons. The molecule has 6 heteroatoms. The fourth-order valence-electron chi connectivity index (χ4n) is 3.29. The second-order valence-electron chi connectivity index (χ2n) is 6.51. The zero-order valence-electron chi connectivity index (χ0n) is 14.8. The zero-order chi connectivity index (χ0) is 18.1. The maximum atomic E-state index is 11.6. The van der Waals surface area contributed by atoms with Crippen molar-refractivity contribution in [2.75, 3.05) is 13.7 Å². The van der Waals surface area contributed by atoms with Crippen molar-refractivity contribution in [1.29, 1.82) is 0 Å². The van der Waals surface area contributed by atoms with Crippen molar-refractivity contribution in [3.63, 3.8) is 0 Å². The fourth-order valence-corrected chi connectivity index (χ4v) is 4.08. The first-order valence-corrected chi connectivity index (χ1v) is 9.42. The van der Waals surface area contributed by atoms with Crippen LogP contribution in [0.3, 0.4) is 0 Å². The maximum Gasteiger partial charge on any atom is 0.169 e. The summed E-state index contributed by atoms with van der Waals surface area (Å²) in [6, 6.07) is 7.92. The number of aromatic nitrogens is 2. The van der Waals surface area contributed by atoms with Crippen molar-refractivity contribution in [1.82, 2.24) is 9.55 Å². The molecule has 1 unspecified atom stereocenters. The highest BCUT2D eigenvalue weighted by Gasteiger charge is 2.22. The predicted octanol–water partition coefficient (Wildman–Crippen LogP) is 4.07. The Hall–Kier alpha value is -2.60. The summed E-state index contributed by atoms with van der Waals surface area (Å²) in [5, 5.41) is 1.99. The quantitative estimate of drug-likeness (QED) is 0.637. The van der Waals surface area contributed by atoms with Crippen LogP contribution < -0.4 is 9.47 Å². The number of imidazole rings is 1. The van der Waals surface area contributed by atoms with E-state index < -0.39 is 0 Å². The highest BCUT2D eigenvalue weighted by molar-refractivity contribution is 7.12. The van der Waals surface area contributed by atoms with Gasteiger partial charge >= 0.3 is 0 Å². The Morgan fingerprint density at radius 1 is 1.42 bits per heavy atom. The minimum Gasteiger partial charge on any atom is -0.497 e. The number of benzene rings is 1. The molecule has 5 nitrogen and oxygen atoms in total. The van der Waals surface area contributed by atoms with Crippen molar-refractivity contribution in [3.05, 3.63) is 52.5 Å². The minimum absolute atomic E-state index is 0.0899. The van der Waals surface area contributed by atoms with E-state index in [0.29, 0.717) is 12.5 Å². The first-order valence-electron chi connectivity index (χ1n) is 8.54. The average molecular weight is 368 g/mol. The first kappa shape index (κ1) is 16.8. The van der Waals surface area contributed by atoms with E-state index in [4.69, 9.17) is 9.47 Å². The van der Waals surface area contributed by atoms with E-state index in [9.17, 15) is 4.79 Å². The second-order valence-corrected chi connectivity index (χ2v) is 7.43. The summed E-state index contributed by atoms with van der Waals surface area (Å²) in [4.78, 5) is 16.8. The number of methoxy groups -OCH3 is 1. The molecule has 0 amide bonds. The van der Waals surface area contributed by atoms with Gasteiger partial charge in [0.2, 0.25) is 0 Å². The Bertz CT molecular complexity index is 944. The van der Waals surface area contributed by atoms with E-state index in [0.717, 1.165) is 40.7 Å². The first-order chi connectivity index (χ1) is 12.6. The number of fused-ring (bicyclic) bond motifs is 1. The SMILES string of the molecule is COc1ccc2c(c1)OCC(Cn1ccnc1-c1csc(C(C)=O)c1)C2. The Morgan fingerprint density at radius 2 is 2.31 bits per heavy atom. The number of hydrogen-bond donors (Lipinski definition) is 0. The number of nitrogens with zero attached hydrogens (tertiary/aromatic N) is 2. The van der Waals surface area contributed by atoms with Gasteiger partial charge in [0.15, 0.2) is 5.78 Å². The molecule has 3 heterocycles. The van der Waals surface area contributed by atoms with E-state index >= 15 is 0 Å². The minimum atomic E-state index is 0.0899. The third kappa shape index (κ3) is 3.24. The van der Waals surface area contributed by atoms with Crippen LogP contribution in [0.25, 0.3) is 11.4 Å². The Balaban J connectivity index is 1.52. The largest absolute Gasteiger partial charge is 0.497 e. The molecule has 0 spiro atoms. The molecular formula is C20H20N2O3S. The summed E-state index contributed by atoms with van der Waals surface area (Å²) >= 11 is 1.47. The van der Waals surface area contributed by atoms with E-state index in [1.54, 1.807) is 14.0 Å². The maximum absolute atomic E-state index is 11.6. The predicted molar refractivity (Wildman–Crippen MR) is 101 cm³/mol. The van der Waals surface area contributed by atoms with Gasteiger partial charge in [-0.2, -0.15) is 0 Å². The van der Waals surface area contributed by atoms with E-state index in [2.05, 4.69) is 15.6 Å². The molecule has 26 heavy (non-hydrogen) atoms. The van der Waals surface area contributed by atoms with Crippen LogP contribution in [0.1, 0.15) is 22.2 Å². The van der Waals surface area contributed by atoms with Crippen molar-refractivity contribution in [3.8, 4) is 22.9 Å². The lowest BCUT2D eigenvalue weighted by Gasteiger charge is -2.26. The molecule has 1 aliphatic heterocycles. The van der Waals surface area contributed by atoms with Crippen LogP contribution in [0.15, 0.2) is 42.0 Å². The number of ketones is 1. The van der Waals surface area contributed by atoms with E-state index in [1.165, 1.54) is 16.9 Å². The molecule has 1 aromatic carbocycles. The van der Waals surface area contributed by atoms with Crippen LogP contribution in [0.5, 0.6) is 11.5 Å².